The van der Waals surface area contributed by atoms with Gasteiger partial charge in [-0.2, -0.15) is 10.2 Å². The number of H-pyrrole nitrogens is 1. The van der Waals surface area contributed by atoms with Gasteiger partial charge in [-0.15, -0.1) is 0 Å². The van der Waals surface area contributed by atoms with Crippen molar-refractivity contribution in [3.8, 4) is 22.4 Å². The third kappa shape index (κ3) is 5.03. The van der Waals surface area contributed by atoms with Gasteiger partial charge in [-0.05, 0) is 44.4 Å². The molecule has 4 aromatic heterocycles. The molecule has 6 heterocycles. The second kappa shape index (κ2) is 11.2. The van der Waals surface area contributed by atoms with E-state index in [1.807, 2.05) is 24.1 Å². The maximum Gasteiger partial charge on any atom is 0.322 e. The van der Waals surface area contributed by atoms with Gasteiger partial charge < -0.3 is 20.5 Å². The maximum atomic E-state index is 13.6. The second-order valence-electron chi connectivity index (χ2n) is 11.9. The number of alkyl halides is 2. The monoisotopic (exact) mass is 616 g/mol. The van der Waals surface area contributed by atoms with Crippen LogP contribution in [0.4, 0.5) is 24.1 Å². The van der Waals surface area contributed by atoms with E-state index in [1.165, 1.54) is 4.90 Å². The van der Waals surface area contributed by atoms with Crippen LogP contribution in [-0.2, 0) is 13.6 Å². The first-order chi connectivity index (χ1) is 21.7. The molecule has 1 saturated heterocycles. The van der Waals surface area contributed by atoms with Crippen LogP contribution in [0.3, 0.4) is 0 Å². The number of piperidine rings is 1. The molecule has 0 saturated carbocycles. The molecule has 0 spiro atoms. The minimum atomic E-state index is -2.62. The predicted molar refractivity (Wildman–Crippen MR) is 166 cm³/mol. The van der Waals surface area contributed by atoms with Gasteiger partial charge in [0.25, 0.3) is 6.43 Å². The Hall–Kier alpha value is -5.01. The SMILES string of the molecule is CC(C)n1ncc2cc(-c3c(-c4cnn(C)c4)[nH]c4ncc5c(c34)N(C3CCN(C(=O)NCC(F)F)CC3)C(=O)NC5)ccc21. The molecule has 0 unspecified atom stereocenters. The number of carbonyl (C=O) groups excluding carboxylic acids is 2. The van der Waals surface area contributed by atoms with Crippen LogP contribution in [0.15, 0.2) is 43.0 Å². The van der Waals surface area contributed by atoms with Crippen LogP contribution >= 0.6 is 0 Å². The van der Waals surface area contributed by atoms with Crippen molar-refractivity contribution in [1.82, 2.24) is 45.1 Å². The molecule has 234 valence electrons. The van der Waals surface area contributed by atoms with E-state index in [9.17, 15) is 18.4 Å². The number of aromatic nitrogens is 6. The van der Waals surface area contributed by atoms with Gasteiger partial charge in [-0.1, -0.05) is 6.07 Å². The summed E-state index contributed by atoms with van der Waals surface area (Å²) in [5, 5.41) is 16.1. The average molecular weight is 617 g/mol. The van der Waals surface area contributed by atoms with E-state index >= 15 is 0 Å². The highest BCUT2D eigenvalue weighted by Crippen LogP contribution is 2.46. The van der Waals surface area contributed by atoms with Crippen molar-refractivity contribution in [2.24, 2.45) is 7.05 Å². The number of carbonyl (C=O) groups is 2. The topological polar surface area (TPSA) is 129 Å². The Kier molecular flexibility index (Phi) is 7.13. The Morgan fingerprint density at radius 2 is 1.91 bits per heavy atom. The van der Waals surface area contributed by atoms with Gasteiger partial charge in [0.2, 0.25) is 0 Å². The van der Waals surface area contributed by atoms with Gasteiger partial charge >= 0.3 is 12.1 Å². The number of anilines is 1. The van der Waals surface area contributed by atoms with Gasteiger partial charge in [-0.25, -0.2) is 23.4 Å². The number of aryl methyl sites for hydroxylation is 1. The highest BCUT2D eigenvalue weighted by atomic mass is 19.3. The van der Waals surface area contributed by atoms with Crippen LogP contribution in [-0.4, -0.2) is 78.6 Å². The summed E-state index contributed by atoms with van der Waals surface area (Å²) in [5.41, 5.74) is 6.91. The van der Waals surface area contributed by atoms with Crippen molar-refractivity contribution in [1.29, 1.82) is 0 Å². The lowest BCUT2D eigenvalue weighted by molar-refractivity contribution is 0.136. The third-order valence-electron chi connectivity index (χ3n) is 8.65. The van der Waals surface area contributed by atoms with Crippen molar-refractivity contribution < 1.29 is 18.4 Å². The lowest BCUT2D eigenvalue weighted by atomic mass is 9.94. The van der Waals surface area contributed by atoms with Crippen molar-refractivity contribution in [3.63, 3.8) is 0 Å². The lowest BCUT2D eigenvalue weighted by Crippen LogP contribution is -2.55. The molecule has 7 rings (SSSR count). The van der Waals surface area contributed by atoms with Gasteiger partial charge in [0.05, 0.1) is 41.2 Å². The number of halogens is 2. The first kappa shape index (κ1) is 28.7. The number of aromatic amines is 1. The molecule has 0 bridgehead atoms. The molecule has 2 aliphatic rings. The average Bonchev–Trinajstić information content (AvgIpc) is 3.76. The van der Waals surface area contributed by atoms with E-state index in [1.54, 1.807) is 22.0 Å². The Labute approximate surface area is 257 Å². The normalized spacial score (nSPS) is 15.8. The zero-order valence-electron chi connectivity index (χ0n) is 25.2. The van der Waals surface area contributed by atoms with Crippen molar-refractivity contribution in [3.05, 3.63) is 48.5 Å². The van der Waals surface area contributed by atoms with E-state index in [4.69, 9.17) is 4.98 Å². The molecule has 14 heteroatoms. The number of benzene rings is 1. The van der Waals surface area contributed by atoms with E-state index < -0.39 is 19.0 Å². The quantitative estimate of drug-likeness (QED) is 0.247. The van der Waals surface area contributed by atoms with Gasteiger partial charge in [0.1, 0.15) is 5.65 Å². The fourth-order valence-corrected chi connectivity index (χ4v) is 6.57. The molecule has 0 atom stereocenters. The molecule has 4 amide bonds. The van der Waals surface area contributed by atoms with Crippen LogP contribution in [0.5, 0.6) is 0 Å². The van der Waals surface area contributed by atoms with Crippen LogP contribution < -0.4 is 15.5 Å². The number of amides is 4. The predicted octanol–water partition coefficient (Wildman–Crippen LogP) is 5.03. The van der Waals surface area contributed by atoms with Gasteiger partial charge in [0.15, 0.2) is 0 Å². The zero-order valence-corrected chi connectivity index (χ0v) is 25.2. The van der Waals surface area contributed by atoms with Crippen molar-refractivity contribution in [2.45, 2.75) is 51.7 Å². The highest BCUT2D eigenvalue weighted by Gasteiger charge is 2.37. The van der Waals surface area contributed by atoms with E-state index in [0.29, 0.717) is 38.1 Å². The summed E-state index contributed by atoms with van der Waals surface area (Å²) >= 11 is 0. The summed E-state index contributed by atoms with van der Waals surface area (Å²) in [4.78, 5) is 37.8. The van der Waals surface area contributed by atoms with E-state index in [2.05, 4.69) is 57.9 Å². The Bertz CT molecular complexity index is 1920. The van der Waals surface area contributed by atoms with Gasteiger partial charge in [0, 0.05) is 73.2 Å². The lowest BCUT2D eigenvalue weighted by Gasteiger charge is -2.41. The van der Waals surface area contributed by atoms with E-state index in [0.717, 1.165) is 49.9 Å². The molecule has 2 aliphatic heterocycles. The van der Waals surface area contributed by atoms with E-state index in [-0.39, 0.29) is 18.1 Å². The number of likely N-dealkylation sites (tertiary alicyclic amines) is 1. The molecule has 0 aliphatic carbocycles. The molecule has 1 fully saturated rings. The summed E-state index contributed by atoms with van der Waals surface area (Å²) < 4.78 is 29.0. The minimum Gasteiger partial charge on any atom is -0.339 e. The first-order valence-electron chi connectivity index (χ1n) is 15.1. The first-order valence-corrected chi connectivity index (χ1v) is 15.1. The van der Waals surface area contributed by atoms with Crippen LogP contribution in [0.1, 0.15) is 38.3 Å². The molecule has 5 aromatic rings. The molecule has 1 aromatic carbocycles. The molecule has 0 radical (unpaired) electrons. The third-order valence-corrected chi connectivity index (χ3v) is 8.65. The number of nitrogens with one attached hydrogen (secondary N) is 3. The molecular weight excluding hydrogens is 582 g/mol. The Morgan fingerprint density at radius 3 is 2.62 bits per heavy atom. The highest BCUT2D eigenvalue weighted by molar-refractivity contribution is 6.14. The zero-order chi connectivity index (χ0) is 31.4. The molecule has 12 nitrogen and oxygen atoms in total. The summed E-state index contributed by atoms with van der Waals surface area (Å²) in [6.07, 6.45) is 5.78. The fourth-order valence-electron chi connectivity index (χ4n) is 6.57. The Morgan fingerprint density at radius 1 is 1.11 bits per heavy atom. The Balaban J connectivity index is 1.35. The number of pyridine rings is 1. The number of nitrogens with zero attached hydrogens (tertiary/aromatic N) is 7. The van der Waals surface area contributed by atoms with Crippen LogP contribution in [0.25, 0.3) is 44.3 Å². The number of urea groups is 2. The number of rotatable bonds is 6. The fraction of sp³-hybridized carbons (Fsp3) is 0.387. The summed E-state index contributed by atoms with van der Waals surface area (Å²) in [6, 6.07) is 5.52. The molecule has 45 heavy (non-hydrogen) atoms. The van der Waals surface area contributed by atoms with Crippen LogP contribution in [0.2, 0.25) is 0 Å². The largest absolute Gasteiger partial charge is 0.339 e. The van der Waals surface area contributed by atoms with Gasteiger partial charge in [-0.3, -0.25) is 14.3 Å². The summed E-state index contributed by atoms with van der Waals surface area (Å²) in [6.45, 7) is 4.51. The minimum absolute atomic E-state index is 0.206. The van der Waals surface area contributed by atoms with Crippen molar-refractivity contribution >= 4 is 39.7 Å². The molecule has 3 N–H and O–H groups in total. The smallest absolute Gasteiger partial charge is 0.322 e. The molecular formula is C31H34F2N10O2. The summed E-state index contributed by atoms with van der Waals surface area (Å²) in [7, 11) is 1.87. The number of fused-ring (bicyclic) bond motifs is 4. The number of hydrogen-bond acceptors (Lipinski definition) is 5. The second-order valence-corrected chi connectivity index (χ2v) is 11.9. The van der Waals surface area contributed by atoms with Crippen molar-refractivity contribution in [2.75, 3.05) is 24.5 Å². The number of hydrogen-bond donors (Lipinski definition) is 3. The van der Waals surface area contributed by atoms with Crippen LogP contribution in [0, 0.1) is 0 Å². The maximum absolute atomic E-state index is 13.6. The summed E-state index contributed by atoms with van der Waals surface area (Å²) in [5.74, 6) is 0. The standard InChI is InChI=1S/C31H34F2N10O2/c1-17(2)43-23-5-4-18(10-19(23)13-38-43)25-26-28-20(11-34-29(26)39-27(25)21-14-37-40(3)16-21)12-35-31(45)42(28)22-6-8-41(9-7-22)30(44)36-15-24(32)33/h4-5,10-11,13-14,16-17,22,24H,6-9,12,15H2,1-3H3,(H,34,39)(H,35,45)(H,36,44).